The van der Waals surface area contributed by atoms with Crippen LogP contribution in [0.1, 0.15) is 5.56 Å². The molecule has 0 saturated carbocycles. The van der Waals surface area contributed by atoms with Crippen LogP contribution in [-0.2, 0) is 4.79 Å². The standard InChI is InChI=1S/C16H12FN3O/c17-13-5-3-4-12(10-13)8-9-16(21)19-20-11-18-14-6-1-2-7-15(14)20/h1-11H,(H,19,21)/b9-8+. The lowest BCUT2D eigenvalue weighted by Gasteiger charge is -2.03. The summed E-state index contributed by atoms with van der Waals surface area (Å²) in [5.41, 5.74) is 4.92. The van der Waals surface area contributed by atoms with Gasteiger partial charge in [0, 0.05) is 6.08 Å². The van der Waals surface area contributed by atoms with Crippen molar-refractivity contribution in [1.82, 2.24) is 9.66 Å². The number of nitrogens with one attached hydrogen (secondary N) is 1. The van der Waals surface area contributed by atoms with Crippen LogP contribution in [0, 0.1) is 5.82 Å². The van der Waals surface area contributed by atoms with Crippen LogP contribution in [0.5, 0.6) is 0 Å². The van der Waals surface area contributed by atoms with Crippen molar-refractivity contribution in [3.63, 3.8) is 0 Å². The molecule has 0 aliphatic heterocycles. The van der Waals surface area contributed by atoms with Crippen molar-refractivity contribution in [3.05, 3.63) is 72.3 Å². The zero-order valence-corrected chi connectivity index (χ0v) is 11.0. The highest BCUT2D eigenvalue weighted by Gasteiger charge is 2.03. The Hall–Kier alpha value is -2.95. The van der Waals surface area contributed by atoms with Crippen molar-refractivity contribution in [2.24, 2.45) is 0 Å². The summed E-state index contributed by atoms with van der Waals surface area (Å²) in [5.74, 6) is -0.652. The number of halogens is 1. The number of carbonyl (C=O) groups excluding carboxylic acids is 1. The van der Waals surface area contributed by atoms with E-state index in [2.05, 4.69) is 10.4 Å². The largest absolute Gasteiger partial charge is 0.268 e. The monoisotopic (exact) mass is 281 g/mol. The lowest BCUT2D eigenvalue weighted by molar-refractivity contribution is -0.112. The Labute approximate surface area is 120 Å². The average Bonchev–Trinajstić information content (AvgIpc) is 2.89. The fraction of sp³-hybridized carbons (Fsp3) is 0. The molecule has 0 aliphatic carbocycles. The molecule has 0 bridgehead atoms. The summed E-state index contributed by atoms with van der Waals surface area (Å²) in [6, 6.07) is 13.5. The number of aromatic nitrogens is 2. The van der Waals surface area contributed by atoms with Crippen LogP contribution < -0.4 is 5.43 Å². The molecule has 4 nitrogen and oxygen atoms in total. The Kier molecular flexibility index (Phi) is 3.47. The van der Waals surface area contributed by atoms with Gasteiger partial charge in [-0.15, -0.1) is 0 Å². The van der Waals surface area contributed by atoms with Gasteiger partial charge in [0.15, 0.2) is 0 Å². The van der Waals surface area contributed by atoms with Gasteiger partial charge in [-0.05, 0) is 35.9 Å². The van der Waals surface area contributed by atoms with Gasteiger partial charge in [0.05, 0.1) is 11.0 Å². The summed E-state index contributed by atoms with van der Waals surface area (Å²) in [6.45, 7) is 0. The molecule has 3 rings (SSSR count). The zero-order valence-electron chi connectivity index (χ0n) is 11.0. The highest BCUT2D eigenvalue weighted by molar-refractivity contribution is 5.98. The van der Waals surface area contributed by atoms with E-state index in [1.807, 2.05) is 24.3 Å². The topological polar surface area (TPSA) is 46.9 Å². The quantitative estimate of drug-likeness (QED) is 0.750. The fourth-order valence-corrected chi connectivity index (χ4v) is 1.99. The molecule has 3 aromatic rings. The zero-order chi connectivity index (χ0) is 14.7. The van der Waals surface area contributed by atoms with Crippen LogP contribution in [0.15, 0.2) is 60.9 Å². The summed E-state index contributed by atoms with van der Waals surface area (Å²) >= 11 is 0. The number of fused-ring (bicyclic) bond motifs is 1. The fourth-order valence-electron chi connectivity index (χ4n) is 1.99. The molecule has 0 saturated heterocycles. The molecule has 1 amide bonds. The molecule has 0 radical (unpaired) electrons. The Morgan fingerprint density at radius 1 is 1.19 bits per heavy atom. The molecule has 0 atom stereocenters. The molecule has 0 aliphatic rings. The van der Waals surface area contributed by atoms with Gasteiger partial charge in [-0.2, -0.15) is 0 Å². The van der Waals surface area contributed by atoms with Crippen LogP contribution in [0.25, 0.3) is 17.1 Å². The normalized spacial score (nSPS) is 11.1. The van der Waals surface area contributed by atoms with Crippen LogP contribution in [0.4, 0.5) is 4.39 Å². The number of carbonyl (C=O) groups is 1. The first-order valence-corrected chi connectivity index (χ1v) is 6.39. The minimum atomic E-state index is -0.335. The molecular weight excluding hydrogens is 269 g/mol. The van der Waals surface area contributed by atoms with Gasteiger partial charge in [-0.3, -0.25) is 10.2 Å². The number of benzene rings is 2. The average molecular weight is 281 g/mol. The first-order valence-electron chi connectivity index (χ1n) is 6.39. The second kappa shape index (κ2) is 5.58. The molecule has 1 heterocycles. The summed E-state index contributed by atoms with van der Waals surface area (Å²) in [7, 11) is 0. The molecule has 104 valence electrons. The molecule has 0 spiro atoms. The SMILES string of the molecule is O=C(/C=C/c1cccc(F)c1)Nn1cnc2ccccc21. The van der Waals surface area contributed by atoms with Gasteiger partial charge < -0.3 is 0 Å². The molecule has 0 fully saturated rings. The highest BCUT2D eigenvalue weighted by Crippen LogP contribution is 2.10. The first-order chi connectivity index (χ1) is 10.2. The third kappa shape index (κ3) is 2.97. The maximum Gasteiger partial charge on any atom is 0.262 e. The number of imidazole rings is 1. The summed E-state index contributed by atoms with van der Waals surface area (Å²) in [4.78, 5) is 16.0. The van der Waals surface area contributed by atoms with E-state index in [0.717, 1.165) is 11.0 Å². The second-order valence-corrected chi connectivity index (χ2v) is 4.47. The molecule has 1 aromatic heterocycles. The van der Waals surface area contributed by atoms with Gasteiger partial charge in [-0.25, -0.2) is 14.1 Å². The summed E-state index contributed by atoms with van der Waals surface area (Å²) in [5, 5.41) is 0. The Morgan fingerprint density at radius 3 is 2.90 bits per heavy atom. The van der Waals surface area contributed by atoms with Crippen molar-refractivity contribution >= 4 is 23.0 Å². The van der Waals surface area contributed by atoms with Crippen LogP contribution in [0.2, 0.25) is 0 Å². The Bertz CT molecular complexity index is 823. The molecule has 1 N–H and O–H groups in total. The predicted molar refractivity (Wildman–Crippen MR) is 79.5 cm³/mol. The number of nitrogens with zero attached hydrogens (tertiary/aromatic N) is 2. The first kappa shape index (κ1) is 13.1. The third-order valence-corrected chi connectivity index (χ3v) is 2.96. The smallest absolute Gasteiger partial charge is 0.262 e. The lowest BCUT2D eigenvalue weighted by atomic mass is 10.2. The minimum absolute atomic E-state index is 0.317. The van der Waals surface area contributed by atoms with E-state index >= 15 is 0 Å². The molecular formula is C16H12FN3O. The van der Waals surface area contributed by atoms with Crippen LogP contribution in [-0.4, -0.2) is 15.6 Å². The number of rotatable bonds is 3. The van der Waals surface area contributed by atoms with Gasteiger partial charge >= 0.3 is 0 Å². The second-order valence-electron chi connectivity index (χ2n) is 4.47. The third-order valence-electron chi connectivity index (χ3n) is 2.96. The maximum atomic E-state index is 13.0. The van der Waals surface area contributed by atoms with E-state index in [4.69, 9.17) is 0 Å². The van der Waals surface area contributed by atoms with Crippen molar-refractivity contribution < 1.29 is 9.18 Å². The van der Waals surface area contributed by atoms with Gasteiger partial charge in [0.1, 0.15) is 12.1 Å². The van der Waals surface area contributed by atoms with Gasteiger partial charge in [-0.1, -0.05) is 24.3 Å². The van der Waals surface area contributed by atoms with Gasteiger partial charge in [0.25, 0.3) is 5.91 Å². The number of para-hydroxylation sites is 2. The van der Waals surface area contributed by atoms with Crippen LogP contribution in [0.3, 0.4) is 0 Å². The van der Waals surface area contributed by atoms with E-state index in [1.54, 1.807) is 29.2 Å². The molecule has 2 aromatic carbocycles. The van der Waals surface area contributed by atoms with E-state index in [0.29, 0.717) is 5.56 Å². The molecule has 5 heteroatoms. The van der Waals surface area contributed by atoms with Crippen molar-refractivity contribution in [2.45, 2.75) is 0 Å². The minimum Gasteiger partial charge on any atom is -0.268 e. The van der Waals surface area contributed by atoms with E-state index in [1.165, 1.54) is 18.2 Å². The van der Waals surface area contributed by atoms with E-state index < -0.39 is 0 Å². The lowest BCUT2D eigenvalue weighted by Crippen LogP contribution is -2.19. The van der Waals surface area contributed by atoms with E-state index in [9.17, 15) is 9.18 Å². The Morgan fingerprint density at radius 2 is 2.05 bits per heavy atom. The number of hydrogen-bond acceptors (Lipinski definition) is 2. The van der Waals surface area contributed by atoms with Crippen molar-refractivity contribution in [1.29, 1.82) is 0 Å². The van der Waals surface area contributed by atoms with Crippen molar-refractivity contribution in [3.8, 4) is 0 Å². The molecule has 21 heavy (non-hydrogen) atoms. The number of amides is 1. The summed E-state index contributed by atoms with van der Waals surface area (Å²) < 4.78 is 14.6. The maximum absolute atomic E-state index is 13.0. The van der Waals surface area contributed by atoms with Crippen molar-refractivity contribution in [2.75, 3.05) is 5.43 Å². The van der Waals surface area contributed by atoms with Crippen LogP contribution >= 0.6 is 0 Å². The Balaban J connectivity index is 1.75. The summed E-state index contributed by atoms with van der Waals surface area (Å²) in [6.07, 6.45) is 4.44. The predicted octanol–water partition coefficient (Wildman–Crippen LogP) is 2.96. The molecule has 0 unspecified atom stereocenters. The van der Waals surface area contributed by atoms with E-state index in [-0.39, 0.29) is 11.7 Å². The highest BCUT2D eigenvalue weighted by atomic mass is 19.1. The number of hydrogen-bond donors (Lipinski definition) is 1. The van der Waals surface area contributed by atoms with Gasteiger partial charge in [0.2, 0.25) is 0 Å².